The minimum absolute atomic E-state index is 0.270. The predicted molar refractivity (Wildman–Crippen MR) is 128 cm³/mol. The number of benzene rings is 1. The molecule has 0 bridgehead atoms. The van der Waals surface area contributed by atoms with Crippen molar-refractivity contribution in [3.63, 3.8) is 0 Å². The molecule has 0 saturated carbocycles. The Morgan fingerprint density at radius 3 is 2.70 bits per heavy atom. The highest BCUT2D eigenvalue weighted by Gasteiger charge is 2.21. The summed E-state index contributed by atoms with van der Waals surface area (Å²) in [5, 5.41) is 8.16. The third kappa shape index (κ3) is 4.31. The normalized spacial score (nSPS) is 11.0. The highest BCUT2D eigenvalue weighted by Crippen LogP contribution is 2.32. The Balaban J connectivity index is 1.46. The molecule has 4 heterocycles. The Labute approximate surface area is 194 Å². The molecule has 0 aliphatic heterocycles. The maximum atomic E-state index is 13.3. The fourth-order valence-corrected chi connectivity index (χ4v) is 4.56. The van der Waals surface area contributed by atoms with Crippen LogP contribution in [0.15, 0.2) is 73.4 Å². The van der Waals surface area contributed by atoms with Crippen LogP contribution in [0.4, 0.5) is 5.13 Å². The summed E-state index contributed by atoms with van der Waals surface area (Å²) in [4.78, 5) is 27.4. The van der Waals surface area contributed by atoms with Gasteiger partial charge in [-0.1, -0.05) is 41.7 Å². The van der Waals surface area contributed by atoms with Crippen LogP contribution < -0.4 is 5.32 Å². The lowest BCUT2D eigenvalue weighted by Gasteiger charge is -2.02. The number of anilines is 1. The van der Waals surface area contributed by atoms with Gasteiger partial charge in [-0.15, -0.1) is 0 Å². The Kier molecular flexibility index (Phi) is 5.54. The summed E-state index contributed by atoms with van der Waals surface area (Å²) in [7, 11) is 1.93. The van der Waals surface area contributed by atoms with Crippen LogP contribution in [0.25, 0.3) is 22.0 Å². The summed E-state index contributed by atoms with van der Waals surface area (Å²) in [6, 6.07) is 13.7. The topological polar surface area (TPSA) is 90.5 Å². The molecule has 0 unspecified atom stereocenters. The van der Waals surface area contributed by atoms with Crippen LogP contribution in [-0.4, -0.2) is 35.2 Å². The standard InChI is InChI=1S/C24H21N7OS/c1-16-21(22-26-11-12-30(22)2)33-24(27-16)28-23(32)19-15-31(14-17-7-4-3-5-8-17)29-20(19)18-9-6-10-25-13-18/h3-13,15H,14H2,1-2H3,(H,27,28,32). The number of aromatic nitrogens is 6. The first-order valence-corrected chi connectivity index (χ1v) is 11.2. The highest BCUT2D eigenvalue weighted by atomic mass is 32.1. The number of aryl methyl sites for hydroxylation is 2. The van der Waals surface area contributed by atoms with E-state index in [1.807, 2.05) is 67.2 Å². The molecule has 9 heteroatoms. The summed E-state index contributed by atoms with van der Waals surface area (Å²) in [6.45, 7) is 2.47. The Bertz CT molecular complexity index is 1400. The highest BCUT2D eigenvalue weighted by molar-refractivity contribution is 7.19. The van der Waals surface area contributed by atoms with Crippen molar-refractivity contribution < 1.29 is 4.79 Å². The summed E-state index contributed by atoms with van der Waals surface area (Å²) in [5.74, 6) is 0.547. The molecule has 1 aromatic carbocycles. The number of hydrogen-bond acceptors (Lipinski definition) is 6. The maximum absolute atomic E-state index is 13.3. The lowest BCUT2D eigenvalue weighted by molar-refractivity contribution is 0.102. The van der Waals surface area contributed by atoms with Gasteiger partial charge in [-0.05, 0) is 24.6 Å². The number of pyridine rings is 1. The summed E-state index contributed by atoms with van der Waals surface area (Å²) < 4.78 is 3.71. The molecule has 1 amide bonds. The quantitative estimate of drug-likeness (QED) is 0.410. The average molecular weight is 456 g/mol. The first-order chi connectivity index (χ1) is 16.1. The molecule has 8 nitrogen and oxygen atoms in total. The zero-order valence-corrected chi connectivity index (χ0v) is 19.0. The van der Waals surface area contributed by atoms with E-state index in [4.69, 9.17) is 5.10 Å². The number of carbonyl (C=O) groups is 1. The molecule has 0 spiro atoms. The van der Waals surface area contributed by atoms with Crippen LogP contribution >= 0.6 is 11.3 Å². The van der Waals surface area contributed by atoms with E-state index in [1.165, 1.54) is 11.3 Å². The number of nitrogens with zero attached hydrogens (tertiary/aromatic N) is 6. The third-order valence-corrected chi connectivity index (χ3v) is 6.24. The van der Waals surface area contributed by atoms with E-state index in [-0.39, 0.29) is 5.91 Å². The second-order valence-electron chi connectivity index (χ2n) is 7.57. The molecule has 0 atom stereocenters. The number of carbonyl (C=O) groups excluding carboxylic acids is 1. The van der Waals surface area contributed by atoms with E-state index >= 15 is 0 Å². The van der Waals surface area contributed by atoms with Crippen LogP contribution in [0.2, 0.25) is 0 Å². The number of rotatable bonds is 6. The molecule has 0 aliphatic carbocycles. The Hall–Kier alpha value is -4.11. The molecule has 5 aromatic rings. The molecule has 0 saturated heterocycles. The number of thiazole rings is 1. The fraction of sp³-hybridized carbons (Fsp3) is 0.125. The molecule has 0 radical (unpaired) electrons. The van der Waals surface area contributed by atoms with Crippen molar-refractivity contribution in [3.8, 4) is 22.0 Å². The van der Waals surface area contributed by atoms with Crippen LogP contribution in [0, 0.1) is 6.92 Å². The van der Waals surface area contributed by atoms with Crippen LogP contribution in [0.3, 0.4) is 0 Å². The van der Waals surface area contributed by atoms with Gasteiger partial charge in [0.1, 0.15) is 5.69 Å². The van der Waals surface area contributed by atoms with Crippen molar-refractivity contribution >= 4 is 22.4 Å². The first kappa shape index (κ1) is 20.8. The second kappa shape index (κ2) is 8.79. The smallest absolute Gasteiger partial charge is 0.261 e. The molecular formula is C24H21N7OS. The summed E-state index contributed by atoms with van der Waals surface area (Å²) in [5.41, 5.74) is 3.73. The molecule has 0 fully saturated rings. The Morgan fingerprint density at radius 2 is 1.97 bits per heavy atom. The molecular weight excluding hydrogens is 434 g/mol. The zero-order valence-electron chi connectivity index (χ0n) is 18.1. The SMILES string of the molecule is Cc1nc(NC(=O)c2cn(Cc3ccccc3)nc2-c2cccnc2)sc1-c1nccn1C. The van der Waals surface area contributed by atoms with E-state index in [1.54, 1.807) is 29.5 Å². The minimum atomic E-state index is -0.270. The van der Waals surface area contributed by atoms with Gasteiger partial charge in [0, 0.05) is 43.6 Å². The van der Waals surface area contributed by atoms with Crippen molar-refractivity contribution in [2.45, 2.75) is 13.5 Å². The van der Waals surface area contributed by atoms with Crippen LogP contribution in [0.1, 0.15) is 21.6 Å². The van der Waals surface area contributed by atoms with E-state index in [2.05, 4.69) is 20.3 Å². The lowest BCUT2D eigenvalue weighted by Crippen LogP contribution is -2.12. The average Bonchev–Trinajstić information content (AvgIpc) is 3.53. The van der Waals surface area contributed by atoms with Gasteiger partial charge in [0.05, 0.1) is 22.7 Å². The van der Waals surface area contributed by atoms with Crippen LogP contribution in [-0.2, 0) is 13.6 Å². The van der Waals surface area contributed by atoms with E-state index in [0.717, 1.165) is 27.5 Å². The summed E-state index contributed by atoms with van der Waals surface area (Å²) in [6.07, 6.45) is 8.80. The number of imidazole rings is 1. The lowest BCUT2D eigenvalue weighted by atomic mass is 10.1. The molecule has 1 N–H and O–H groups in total. The van der Waals surface area contributed by atoms with Gasteiger partial charge in [-0.3, -0.25) is 19.8 Å². The van der Waals surface area contributed by atoms with Gasteiger partial charge in [-0.2, -0.15) is 5.10 Å². The van der Waals surface area contributed by atoms with Gasteiger partial charge in [0.2, 0.25) is 0 Å². The van der Waals surface area contributed by atoms with E-state index in [9.17, 15) is 4.79 Å². The zero-order chi connectivity index (χ0) is 22.8. The van der Waals surface area contributed by atoms with Gasteiger partial charge in [0.25, 0.3) is 5.91 Å². The van der Waals surface area contributed by atoms with Crippen molar-refractivity contribution in [1.82, 2.24) is 29.3 Å². The first-order valence-electron chi connectivity index (χ1n) is 10.4. The summed E-state index contributed by atoms with van der Waals surface area (Å²) >= 11 is 1.40. The second-order valence-corrected chi connectivity index (χ2v) is 8.56. The van der Waals surface area contributed by atoms with Crippen molar-refractivity contribution in [3.05, 3.63) is 90.3 Å². The van der Waals surface area contributed by atoms with Gasteiger partial charge in [0.15, 0.2) is 11.0 Å². The third-order valence-electron chi connectivity index (χ3n) is 5.17. The molecule has 164 valence electrons. The Morgan fingerprint density at radius 1 is 1.12 bits per heavy atom. The van der Waals surface area contributed by atoms with Gasteiger partial charge < -0.3 is 4.57 Å². The molecule has 0 aliphatic rings. The number of amides is 1. The predicted octanol–water partition coefficient (Wildman–Crippen LogP) is 4.41. The van der Waals surface area contributed by atoms with Crippen LogP contribution in [0.5, 0.6) is 0 Å². The minimum Gasteiger partial charge on any atom is -0.333 e. The van der Waals surface area contributed by atoms with Crippen molar-refractivity contribution in [1.29, 1.82) is 0 Å². The molecule has 4 aromatic heterocycles. The van der Waals surface area contributed by atoms with E-state index < -0.39 is 0 Å². The fourth-order valence-electron chi connectivity index (χ4n) is 3.56. The number of hydrogen-bond donors (Lipinski definition) is 1. The van der Waals surface area contributed by atoms with Gasteiger partial charge >= 0.3 is 0 Å². The van der Waals surface area contributed by atoms with Gasteiger partial charge in [-0.25, -0.2) is 9.97 Å². The number of nitrogens with one attached hydrogen (secondary N) is 1. The molecule has 33 heavy (non-hydrogen) atoms. The molecule has 5 rings (SSSR count). The largest absolute Gasteiger partial charge is 0.333 e. The van der Waals surface area contributed by atoms with E-state index in [0.29, 0.717) is 22.9 Å². The maximum Gasteiger partial charge on any atom is 0.261 e. The van der Waals surface area contributed by atoms with Crippen molar-refractivity contribution in [2.24, 2.45) is 7.05 Å². The van der Waals surface area contributed by atoms with Crippen molar-refractivity contribution in [2.75, 3.05) is 5.32 Å². The monoisotopic (exact) mass is 455 g/mol.